The summed E-state index contributed by atoms with van der Waals surface area (Å²) < 4.78 is 31.1. The first-order chi connectivity index (χ1) is 18.8. The Balaban J connectivity index is 1.84. The summed E-state index contributed by atoms with van der Waals surface area (Å²) >= 11 is 0. The number of hydrogen-bond donors (Lipinski definition) is 2. The van der Waals surface area contributed by atoms with Gasteiger partial charge in [-0.25, -0.2) is 19.2 Å². The Morgan fingerprint density at radius 2 is 1.26 bits per heavy atom. The summed E-state index contributed by atoms with van der Waals surface area (Å²) in [5, 5.41) is 6.31. The number of ether oxygens (including phenoxy) is 6. The van der Waals surface area contributed by atoms with Crippen LogP contribution in [0.15, 0.2) is 55.6 Å². The summed E-state index contributed by atoms with van der Waals surface area (Å²) in [6.45, 7) is 9.55. The average Bonchev–Trinajstić information content (AvgIpc) is 2.93. The molecule has 12 nitrogen and oxygen atoms in total. The van der Waals surface area contributed by atoms with Gasteiger partial charge < -0.3 is 39.1 Å². The number of nitrogens with one attached hydrogen (secondary N) is 2. The number of benzene rings is 2. The lowest BCUT2D eigenvalue weighted by molar-refractivity contribution is -0.140. The second-order valence-corrected chi connectivity index (χ2v) is 7.67. The molecule has 0 unspecified atom stereocenters. The molecule has 0 aromatic heterocycles. The predicted octanol–water partition coefficient (Wildman–Crippen LogP) is 2.82. The van der Waals surface area contributed by atoms with Gasteiger partial charge in [0.1, 0.15) is 24.7 Å². The van der Waals surface area contributed by atoms with Gasteiger partial charge in [-0.1, -0.05) is 37.4 Å². The maximum absolute atomic E-state index is 12.3. The molecule has 2 N–H and O–H groups in total. The number of aryl methyl sites for hydroxylation is 1. The number of carbonyl (C=O) groups is 4. The number of amides is 2. The first-order valence-corrected chi connectivity index (χ1v) is 12.0. The minimum atomic E-state index is -0.688. The molecule has 0 radical (unpaired) electrons. The van der Waals surface area contributed by atoms with Gasteiger partial charge >= 0.3 is 24.1 Å². The molecule has 0 saturated heterocycles. The molecule has 0 heterocycles. The highest BCUT2D eigenvalue weighted by molar-refractivity contribution is 5.97. The van der Waals surface area contributed by atoms with Crippen LogP contribution in [0.3, 0.4) is 0 Å². The lowest BCUT2D eigenvalue weighted by atomic mass is 10.0. The molecule has 210 valence electrons. The van der Waals surface area contributed by atoms with Crippen LogP contribution in [-0.2, 0) is 28.5 Å². The third kappa shape index (κ3) is 11.2. The van der Waals surface area contributed by atoms with Gasteiger partial charge in [-0.05, 0) is 18.6 Å². The van der Waals surface area contributed by atoms with Crippen molar-refractivity contribution in [2.24, 2.45) is 0 Å². The zero-order valence-corrected chi connectivity index (χ0v) is 21.7. The molecular weight excluding hydrogens is 512 g/mol. The molecule has 2 aromatic carbocycles. The number of rotatable bonds is 16. The second-order valence-electron chi connectivity index (χ2n) is 7.67. The Bertz CT molecular complexity index is 1160. The molecule has 2 amide bonds. The maximum Gasteiger partial charge on any atom is 0.412 e. The van der Waals surface area contributed by atoms with Crippen molar-refractivity contribution in [1.29, 1.82) is 0 Å². The van der Waals surface area contributed by atoms with Gasteiger partial charge in [-0.3, -0.25) is 0 Å². The zero-order chi connectivity index (χ0) is 28.5. The summed E-state index contributed by atoms with van der Waals surface area (Å²) in [4.78, 5) is 46.5. The summed E-state index contributed by atoms with van der Waals surface area (Å²) in [5.41, 5.74) is 0.573. The van der Waals surface area contributed by atoms with E-state index in [1.54, 1.807) is 37.3 Å². The summed E-state index contributed by atoms with van der Waals surface area (Å²) in [7, 11) is 0. The SMILES string of the molecule is C=CC(=O)OCCOCCNC(=O)Oc1cc(C)c(OC(=O)NCCOCCOC(=O)C=C)c2ccccc12. The normalized spacial score (nSPS) is 10.3. The van der Waals surface area contributed by atoms with Crippen molar-refractivity contribution in [3.05, 3.63) is 61.2 Å². The first-order valence-electron chi connectivity index (χ1n) is 12.0. The molecule has 0 atom stereocenters. The van der Waals surface area contributed by atoms with E-state index in [1.165, 1.54) is 0 Å². The van der Waals surface area contributed by atoms with Gasteiger partial charge in [-0.15, -0.1) is 0 Å². The van der Waals surface area contributed by atoms with Gasteiger partial charge in [0.25, 0.3) is 0 Å². The van der Waals surface area contributed by atoms with E-state index in [9.17, 15) is 19.2 Å². The van der Waals surface area contributed by atoms with E-state index < -0.39 is 24.1 Å². The number of carbonyl (C=O) groups excluding carboxylic acids is 4. The standard InChI is InChI=1S/C27H32N2O10/c1-4-23(30)36-16-14-34-12-10-28-26(32)38-22-18-19(3)25(21-9-7-6-8-20(21)22)39-27(33)29-11-13-35-15-17-37-24(31)5-2/h4-9,18H,1-2,10-17H2,3H3,(H,28,32)(H,29,33). The Morgan fingerprint density at radius 3 is 1.79 bits per heavy atom. The van der Waals surface area contributed by atoms with Crippen molar-refractivity contribution in [3.63, 3.8) is 0 Å². The van der Waals surface area contributed by atoms with Crippen LogP contribution in [0, 0.1) is 6.92 Å². The van der Waals surface area contributed by atoms with Crippen molar-refractivity contribution in [3.8, 4) is 11.5 Å². The zero-order valence-electron chi connectivity index (χ0n) is 21.7. The molecule has 2 rings (SSSR count). The minimum Gasteiger partial charge on any atom is -0.460 e. The van der Waals surface area contributed by atoms with Gasteiger partial charge in [0.15, 0.2) is 0 Å². The molecule has 0 bridgehead atoms. The van der Waals surface area contributed by atoms with Crippen LogP contribution in [0.5, 0.6) is 11.5 Å². The number of fused-ring (bicyclic) bond motifs is 1. The summed E-state index contributed by atoms with van der Waals surface area (Å²) in [6, 6.07) is 8.62. The average molecular weight is 545 g/mol. The van der Waals surface area contributed by atoms with Crippen LogP contribution in [0.1, 0.15) is 5.56 Å². The van der Waals surface area contributed by atoms with Gasteiger partial charge in [0.05, 0.1) is 26.4 Å². The van der Waals surface area contributed by atoms with Crippen LogP contribution in [0.4, 0.5) is 9.59 Å². The molecular formula is C27H32N2O10. The highest BCUT2D eigenvalue weighted by Crippen LogP contribution is 2.36. The maximum atomic E-state index is 12.3. The van der Waals surface area contributed by atoms with Gasteiger partial charge in [0, 0.05) is 36.0 Å². The topological polar surface area (TPSA) is 148 Å². The molecule has 0 spiro atoms. The van der Waals surface area contributed by atoms with Crippen LogP contribution >= 0.6 is 0 Å². The van der Waals surface area contributed by atoms with E-state index in [2.05, 4.69) is 23.8 Å². The fourth-order valence-electron chi connectivity index (χ4n) is 3.11. The highest BCUT2D eigenvalue weighted by Gasteiger charge is 2.16. The fourth-order valence-corrected chi connectivity index (χ4v) is 3.11. The largest absolute Gasteiger partial charge is 0.460 e. The van der Waals surface area contributed by atoms with Crippen molar-refractivity contribution in [1.82, 2.24) is 10.6 Å². The van der Waals surface area contributed by atoms with Crippen molar-refractivity contribution >= 4 is 34.9 Å². The van der Waals surface area contributed by atoms with E-state index in [1.807, 2.05) is 0 Å². The Hall–Kier alpha value is -4.42. The van der Waals surface area contributed by atoms with Gasteiger partial charge in [-0.2, -0.15) is 0 Å². The second kappa shape index (κ2) is 17.2. The molecule has 0 fully saturated rings. The van der Waals surface area contributed by atoms with Crippen molar-refractivity contribution in [2.75, 3.05) is 52.7 Å². The van der Waals surface area contributed by atoms with Crippen molar-refractivity contribution < 1.29 is 47.6 Å². The summed E-state index contributed by atoms with van der Waals surface area (Å²) in [5.74, 6) is -0.464. The van der Waals surface area contributed by atoms with E-state index >= 15 is 0 Å². The number of hydrogen-bond acceptors (Lipinski definition) is 10. The fraction of sp³-hybridized carbons (Fsp3) is 0.333. The van der Waals surface area contributed by atoms with Crippen LogP contribution in [0.2, 0.25) is 0 Å². The lowest BCUT2D eigenvalue weighted by Gasteiger charge is -2.15. The predicted molar refractivity (Wildman–Crippen MR) is 141 cm³/mol. The van der Waals surface area contributed by atoms with Gasteiger partial charge in [0.2, 0.25) is 0 Å². The van der Waals surface area contributed by atoms with Crippen molar-refractivity contribution in [2.45, 2.75) is 6.92 Å². The molecule has 12 heteroatoms. The van der Waals surface area contributed by atoms with E-state index in [4.69, 9.17) is 28.4 Å². The Morgan fingerprint density at radius 1 is 0.744 bits per heavy atom. The molecule has 0 aliphatic heterocycles. The Kier molecular flexibility index (Phi) is 13.6. The van der Waals surface area contributed by atoms with Crippen LogP contribution in [0.25, 0.3) is 10.8 Å². The first kappa shape index (κ1) is 30.8. The molecule has 0 aliphatic carbocycles. The lowest BCUT2D eigenvalue weighted by Crippen LogP contribution is -2.31. The van der Waals surface area contributed by atoms with E-state index in [0.29, 0.717) is 22.1 Å². The third-order valence-electron chi connectivity index (χ3n) is 4.85. The van der Waals surface area contributed by atoms with Crippen LogP contribution < -0.4 is 20.1 Å². The van der Waals surface area contributed by atoms with E-state index in [0.717, 1.165) is 12.2 Å². The Labute approximate surface area is 225 Å². The number of esters is 2. The smallest absolute Gasteiger partial charge is 0.412 e. The quantitative estimate of drug-likeness (QED) is 0.184. The molecule has 0 aliphatic rings. The molecule has 39 heavy (non-hydrogen) atoms. The molecule has 0 saturated carbocycles. The monoisotopic (exact) mass is 544 g/mol. The van der Waals surface area contributed by atoms with Crippen LogP contribution in [-0.4, -0.2) is 76.9 Å². The van der Waals surface area contributed by atoms with E-state index in [-0.39, 0.29) is 58.5 Å². The molecule has 2 aromatic rings. The third-order valence-corrected chi connectivity index (χ3v) is 4.85. The summed E-state index contributed by atoms with van der Waals surface area (Å²) in [6.07, 6.45) is 0.748. The highest BCUT2D eigenvalue weighted by atomic mass is 16.6. The minimum absolute atomic E-state index is 0.0791.